The first kappa shape index (κ1) is 25.0. The van der Waals surface area contributed by atoms with Crippen LogP contribution in [0.3, 0.4) is 0 Å². The van der Waals surface area contributed by atoms with Gasteiger partial charge in [-0.05, 0) is 94.1 Å². The summed E-state index contributed by atoms with van der Waals surface area (Å²) in [5.41, 5.74) is 2.73. The van der Waals surface area contributed by atoms with Gasteiger partial charge in [0.05, 0.1) is 6.61 Å². The number of hydrogen-bond acceptors (Lipinski definition) is 4. The van der Waals surface area contributed by atoms with E-state index in [1.54, 1.807) is 4.90 Å². The largest absolute Gasteiger partial charge is 0.494 e. The predicted molar refractivity (Wildman–Crippen MR) is 150 cm³/mol. The van der Waals surface area contributed by atoms with Gasteiger partial charge in [0.25, 0.3) is 5.91 Å². The van der Waals surface area contributed by atoms with Crippen molar-refractivity contribution in [3.63, 3.8) is 0 Å². The van der Waals surface area contributed by atoms with Crippen molar-refractivity contribution < 1.29 is 14.3 Å². The van der Waals surface area contributed by atoms with E-state index < -0.39 is 0 Å². The smallest absolute Gasteiger partial charge is 0.253 e. The van der Waals surface area contributed by atoms with Gasteiger partial charge in [0.15, 0.2) is 0 Å². The van der Waals surface area contributed by atoms with E-state index in [0.29, 0.717) is 18.0 Å². The number of benzene rings is 2. The molecule has 6 rings (SSSR count). The van der Waals surface area contributed by atoms with Gasteiger partial charge in [-0.3, -0.25) is 9.59 Å². The Morgan fingerprint density at radius 2 is 1.76 bits per heavy atom. The van der Waals surface area contributed by atoms with Crippen LogP contribution in [0.25, 0.3) is 10.9 Å². The first-order chi connectivity index (χ1) is 18.7. The molecular formula is C31H38N4O3. The van der Waals surface area contributed by atoms with Crippen molar-refractivity contribution in [2.45, 2.75) is 51.0 Å². The molecule has 0 aliphatic carbocycles. The summed E-state index contributed by atoms with van der Waals surface area (Å²) in [6.45, 7) is 6.55. The minimum atomic E-state index is 0.0563. The molecule has 0 N–H and O–H groups in total. The highest BCUT2D eigenvalue weighted by atomic mass is 16.5. The first-order valence-corrected chi connectivity index (χ1v) is 14.3. The Labute approximate surface area is 224 Å². The average molecular weight is 515 g/mol. The van der Waals surface area contributed by atoms with Crippen molar-refractivity contribution in [1.29, 1.82) is 0 Å². The zero-order valence-corrected chi connectivity index (χ0v) is 22.2. The molecule has 4 heterocycles. The predicted octanol–water partition coefficient (Wildman–Crippen LogP) is 5.11. The lowest BCUT2D eigenvalue weighted by Crippen LogP contribution is -2.39. The second-order valence-electron chi connectivity index (χ2n) is 10.9. The number of nitrogens with zero attached hydrogens (tertiary/aromatic N) is 4. The quantitative estimate of drug-likeness (QED) is 0.392. The average Bonchev–Trinajstić information content (AvgIpc) is 3.72. The molecule has 3 fully saturated rings. The molecule has 2 amide bonds. The standard InChI is InChI=1S/C31H38N4O3/c36-30-8-4-17-35(30)27-7-3-6-25(22-27)31(37)33-18-12-26(13-19-33)34-20-11-24-23-28(9-10-29(24)34)38-21-5-16-32-14-1-2-15-32/h3,6-7,9-11,20,22-23,26H,1-2,4-5,8,12-19,21H2. The molecule has 7 nitrogen and oxygen atoms in total. The Morgan fingerprint density at radius 3 is 2.55 bits per heavy atom. The van der Waals surface area contributed by atoms with Crippen LogP contribution in [0.2, 0.25) is 0 Å². The summed E-state index contributed by atoms with van der Waals surface area (Å²) in [5.74, 6) is 1.14. The van der Waals surface area contributed by atoms with Gasteiger partial charge in [-0.15, -0.1) is 0 Å². The number of amides is 2. The highest BCUT2D eigenvalue weighted by molar-refractivity contribution is 5.99. The van der Waals surface area contributed by atoms with Gasteiger partial charge in [-0.2, -0.15) is 0 Å². The Hall–Kier alpha value is -3.32. The summed E-state index contributed by atoms with van der Waals surface area (Å²) in [4.78, 5) is 31.7. The van der Waals surface area contributed by atoms with Gasteiger partial charge in [-0.1, -0.05) is 6.07 Å². The van der Waals surface area contributed by atoms with Crippen LogP contribution < -0.4 is 9.64 Å². The van der Waals surface area contributed by atoms with E-state index in [-0.39, 0.29) is 11.8 Å². The number of fused-ring (bicyclic) bond motifs is 1. The molecule has 0 radical (unpaired) electrons. The lowest BCUT2D eigenvalue weighted by atomic mass is 10.0. The molecule has 3 aliphatic heterocycles. The van der Waals surface area contributed by atoms with Crippen LogP contribution in [-0.2, 0) is 4.79 Å². The Bertz CT molecular complexity index is 1290. The molecule has 7 heteroatoms. The second-order valence-corrected chi connectivity index (χ2v) is 10.9. The molecule has 3 aromatic rings. The van der Waals surface area contributed by atoms with Gasteiger partial charge >= 0.3 is 0 Å². The molecule has 2 aromatic carbocycles. The number of carbonyl (C=O) groups is 2. The van der Waals surface area contributed by atoms with E-state index in [4.69, 9.17) is 4.74 Å². The third-order valence-corrected chi connectivity index (χ3v) is 8.40. The molecule has 0 bridgehead atoms. The van der Waals surface area contributed by atoms with Crippen LogP contribution in [0.15, 0.2) is 54.7 Å². The zero-order valence-electron chi connectivity index (χ0n) is 22.2. The maximum atomic E-state index is 13.3. The van der Waals surface area contributed by atoms with Crippen molar-refractivity contribution in [2.24, 2.45) is 0 Å². The molecular weight excluding hydrogens is 476 g/mol. The van der Waals surface area contributed by atoms with Gasteiger partial charge in [-0.25, -0.2) is 0 Å². The third-order valence-electron chi connectivity index (χ3n) is 8.40. The van der Waals surface area contributed by atoms with E-state index in [0.717, 1.165) is 69.9 Å². The number of carbonyl (C=O) groups excluding carboxylic acids is 2. The topological polar surface area (TPSA) is 58.0 Å². The summed E-state index contributed by atoms with van der Waals surface area (Å²) in [5, 5.41) is 1.20. The molecule has 0 saturated carbocycles. The minimum Gasteiger partial charge on any atom is -0.494 e. The van der Waals surface area contributed by atoms with Crippen LogP contribution in [-0.4, -0.2) is 72.1 Å². The number of anilines is 1. The number of rotatable bonds is 8. The fourth-order valence-corrected chi connectivity index (χ4v) is 6.29. The molecule has 38 heavy (non-hydrogen) atoms. The van der Waals surface area contributed by atoms with Crippen molar-refractivity contribution >= 4 is 28.4 Å². The number of hydrogen-bond donors (Lipinski definition) is 0. The van der Waals surface area contributed by atoms with E-state index in [2.05, 4.69) is 39.9 Å². The highest BCUT2D eigenvalue weighted by Gasteiger charge is 2.27. The SMILES string of the molecule is O=C(c1cccc(N2CCCC2=O)c1)N1CCC(n2ccc3cc(OCCCN4CCCC4)ccc32)CC1. The molecule has 3 aliphatic rings. The summed E-state index contributed by atoms with van der Waals surface area (Å²) in [7, 11) is 0. The van der Waals surface area contributed by atoms with Gasteiger partial charge in [0.1, 0.15) is 5.75 Å². The highest BCUT2D eigenvalue weighted by Crippen LogP contribution is 2.31. The lowest BCUT2D eigenvalue weighted by molar-refractivity contribution is -0.117. The Morgan fingerprint density at radius 1 is 0.921 bits per heavy atom. The number of likely N-dealkylation sites (tertiary alicyclic amines) is 2. The number of aromatic nitrogens is 1. The second kappa shape index (κ2) is 11.2. The summed E-state index contributed by atoms with van der Waals surface area (Å²) in [6, 6.07) is 16.5. The van der Waals surface area contributed by atoms with Crippen LogP contribution in [0.4, 0.5) is 5.69 Å². The number of piperidine rings is 1. The van der Waals surface area contributed by atoms with Crippen molar-refractivity contribution in [2.75, 3.05) is 50.8 Å². The minimum absolute atomic E-state index is 0.0563. The van der Waals surface area contributed by atoms with E-state index in [9.17, 15) is 9.59 Å². The molecule has 0 atom stereocenters. The van der Waals surface area contributed by atoms with Crippen LogP contribution in [0.1, 0.15) is 61.3 Å². The van der Waals surface area contributed by atoms with Crippen molar-refractivity contribution in [3.8, 4) is 5.75 Å². The molecule has 3 saturated heterocycles. The number of ether oxygens (including phenoxy) is 1. The van der Waals surface area contributed by atoms with Gasteiger partial charge in [0.2, 0.25) is 5.91 Å². The summed E-state index contributed by atoms with van der Waals surface area (Å²) in [6.07, 6.45) is 9.24. The van der Waals surface area contributed by atoms with Crippen LogP contribution in [0.5, 0.6) is 5.75 Å². The van der Waals surface area contributed by atoms with E-state index in [1.807, 2.05) is 29.2 Å². The van der Waals surface area contributed by atoms with E-state index >= 15 is 0 Å². The van der Waals surface area contributed by atoms with E-state index in [1.165, 1.54) is 36.8 Å². The molecule has 1 aromatic heterocycles. The maximum absolute atomic E-state index is 13.3. The van der Waals surface area contributed by atoms with Crippen LogP contribution >= 0.6 is 0 Å². The normalized spacial score (nSPS) is 19.1. The monoisotopic (exact) mass is 514 g/mol. The van der Waals surface area contributed by atoms with Gasteiger partial charge < -0.3 is 24.0 Å². The maximum Gasteiger partial charge on any atom is 0.253 e. The fourth-order valence-electron chi connectivity index (χ4n) is 6.29. The third kappa shape index (κ3) is 5.30. The molecule has 0 unspecified atom stereocenters. The molecule has 0 spiro atoms. The van der Waals surface area contributed by atoms with Gasteiger partial charge in [0, 0.05) is 67.0 Å². The van der Waals surface area contributed by atoms with Crippen LogP contribution in [0, 0.1) is 0 Å². The molecule has 200 valence electrons. The van der Waals surface area contributed by atoms with Crippen molar-refractivity contribution in [1.82, 2.24) is 14.4 Å². The summed E-state index contributed by atoms with van der Waals surface area (Å²) < 4.78 is 8.43. The zero-order chi connectivity index (χ0) is 25.9. The Kier molecular flexibility index (Phi) is 7.36. The van der Waals surface area contributed by atoms with Crippen molar-refractivity contribution in [3.05, 3.63) is 60.3 Å². The lowest BCUT2D eigenvalue weighted by Gasteiger charge is -2.33. The first-order valence-electron chi connectivity index (χ1n) is 14.3. The Balaban J connectivity index is 1.04. The summed E-state index contributed by atoms with van der Waals surface area (Å²) >= 11 is 0. The fraction of sp³-hybridized carbons (Fsp3) is 0.484.